The fourth-order valence-electron chi connectivity index (χ4n) is 2.95. The third-order valence-electron chi connectivity index (χ3n) is 4.53. The summed E-state index contributed by atoms with van der Waals surface area (Å²) in [6, 6.07) is 22.4. The van der Waals surface area contributed by atoms with Gasteiger partial charge >= 0.3 is 5.97 Å². The number of carbonyl (C=O) groups excluding carboxylic acids is 3. The SMILES string of the molecule is O=C(COC(=O)c1ccc(NC(=O)c2ccco2)cc1)c1ccc2ccccc2c1. The molecular weight excluding hydrogens is 382 g/mol. The molecule has 0 saturated carbocycles. The Kier molecular flexibility index (Phi) is 5.39. The highest BCUT2D eigenvalue weighted by atomic mass is 16.5. The molecule has 3 aromatic carbocycles. The zero-order chi connectivity index (χ0) is 20.9. The van der Waals surface area contributed by atoms with Gasteiger partial charge in [0.05, 0.1) is 11.8 Å². The Morgan fingerprint density at radius 3 is 2.27 bits per heavy atom. The molecule has 0 unspecified atom stereocenters. The molecule has 30 heavy (non-hydrogen) atoms. The highest BCUT2D eigenvalue weighted by Crippen LogP contribution is 2.17. The summed E-state index contributed by atoms with van der Waals surface area (Å²) >= 11 is 0. The number of ketones is 1. The van der Waals surface area contributed by atoms with Gasteiger partial charge in [-0.05, 0) is 53.2 Å². The van der Waals surface area contributed by atoms with E-state index in [-0.39, 0.29) is 23.7 Å². The Morgan fingerprint density at radius 1 is 0.800 bits per heavy atom. The van der Waals surface area contributed by atoms with Crippen LogP contribution in [0, 0.1) is 0 Å². The lowest BCUT2D eigenvalue weighted by atomic mass is 10.0. The van der Waals surface area contributed by atoms with Crippen molar-refractivity contribution < 1.29 is 23.5 Å². The fourth-order valence-corrected chi connectivity index (χ4v) is 2.95. The van der Waals surface area contributed by atoms with E-state index in [1.807, 2.05) is 30.3 Å². The lowest BCUT2D eigenvalue weighted by Crippen LogP contribution is -2.14. The Balaban J connectivity index is 1.35. The maximum Gasteiger partial charge on any atom is 0.338 e. The van der Waals surface area contributed by atoms with E-state index in [1.165, 1.54) is 18.4 Å². The van der Waals surface area contributed by atoms with E-state index in [1.54, 1.807) is 36.4 Å². The summed E-state index contributed by atoms with van der Waals surface area (Å²) in [5.74, 6) is -1.11. The highest BCUT2D eigenvalue weighted by Gasteiger charge is 2.13. The molecule has 148 valence electrons. The quantitative estimate of drug-likeness (QED) is 0.374. The summed E-state index contributed by atoms with van der Waals surface area (Å²) < 4.78 is 10.2. The lowest BCUT2D eigenvalue weighted by Gasteiger charge is -2.07. The summed E-state index contributed by atoms with van der Waals surface area (Å²) in [5.41, 5.74) is 1.26. The van der Waals surface area contributed by atoms with Crippen LogP contribution >= 0.6 is 0 Å². The predicted octanol–water partition coefficient (Wildman–Crippen LogP) is 4.72. The van der Waals surface area contributed by atoms with E-state index in [2.05, 4.69) is 5.32 Å². The first-order valence-electron chi connectivity index (χ1n) is 9.24. The molecule has 4 rings (SSSR count). The van der Waals surface area contributed by atoms with Gasteiger partial charge in [0.1, 0.15) is 0 Å². The zero-order valence-electron chi connectivity index (χ0n) is 15.8. The molecule has 0 aliphatic carbocycles. The number of nitrogens with one attached hydrogen (secondary N) is 1. The summed E-state index contributed by atoms with van der Waals surface area (Å²) in [5, 5.41) is 4.64. The number of furan rings is 1. The predicted molar refractivity (Wildman–Crippen MR) is 112 cm³/mol. The van der Waals surface area contributed by atoms with E-state index in [0.717, 1.165) is 10.8 Å². The van der Waals surface area contributed by atoms with Crippen LogP contribution in [0.1, 0.15) is 31.3 Å². The molecule has 0 atom stereocenters. The number of Topliss-reactive ketones (excluding diaryl/α,β-unsaturated/α-hetero) is 1. The summed E-state index contributed by atoms with van der Waals surface area (Å²) in [6.45, 7) is -0.353. The maximum atomic E-state index is 12.4. The van der Waals surface area contributed by atoms with Crippen molar-refractivity contribution in [3.05, 3.63) is 102 Å². The summed E-state index contributed by atoms with van der Waals surface area (Å²) in [4.78, 5) is 36.6. The number of anilines is 1. The van der Waals surface area contributed by atoms with Gasteiger partial charge < -0.3 is 14.5 Å². The van der Waals surface area contributed by atoms with Crippen molar-refractivity contribution in [3.63, 3.8) is 0 Å². The molecule has 0 bridgehead atoms. The molecule has 1 amide bonds. The van der Waals surface area contributed by atoms with Crippen LogP contribution in [0.25, 0.3) is 10.8 Å². The van der Waals surface area contributed by atoms with Crippen LogP contribution in [0.15, 0.2) is 89.5 Å². The molecule has 6 heteroatoms. The third kappa shape index (κ3) is 4.28. The van der Waals surface area contributed by atoms with Gasteiger partial charge in [-0.25, -0.2) is 4.79 Å². The van der Waals surface area contributed by atoms with Crippen molar-refractivity contribution >= 4 is 34.1 Å². The first kappa shape index (κ1) is 19.1. The number of rotatable bonds is 6. The van der Waals surface area contributed by atoms with Gasteiger partial charge in [-0.3, -0.25) is 9.59 Å². The van der Waals surface area contributed by atoms with Gasteiger partial charge in [0.2, 0.25) is 0 Å². The van der Waals surface area contributed by atoms with Gasteiger partial charge in [-0.2, -0.15) is 0 Å². The number of esters is 1. The van der Waals surface area contributed by atoms with Crippen LogP contribution in [0.3, 0.4) is 0 Å². The Bertz CT molecular complexity index is 1210. The second-order valence-corrected chi connectivity index (χ2v) is 6.57. The molecule has 1 N–H and O–H groups in total. The molecule has 0 fully saturated rings. The molecule has 0 aliphatic rings. The Labute approximate surface area is 172 Å². The number of fused-ring (bicyclic) bond motifs is 1. The van der Waals surface area contributed by atoms with Crippen LogP contribution in [0.2, 0.25) is 0 Å². The first-order chi connectivity index (χ1) is 14.6. The van der Waals surface area contributed by atoms with Crippen LogP contribution in [-0.2, 0) is 4.74 Å². The van der Waals surface area contributed by atoms with Crippen LogP contribution in [0.5, 0.6) is 0 Å². The van der Waals surface area contributed by atoms with Crippen LogP contribution < -0.4 is 5.32 Å². The lowest BCUT2D eigenvalue weighted by molar-refractivity contribution is 0.0475. The number of hydrogen-bond donors (Lipinski definition) is 1. The topological polar surface area (TPSA) is 85.6 Å². The number of hydrogen-bond acceptors (Lipinski definition) is 5. The minimum atomic E-state index is -0.618. The van der Waals surface area contributed by atoms with Crippen molar-refractivity contribution in [2.24, 2.45) is 0 Å². The van der Waals surface area contributed by atoms with Crippen molar-refractivity contribution in [1.82, 2.24) is 0 Å². The molecule has 1 heterocycles. The average molecular weight is 399 g/mol. The van der Waals surface area contributed by atoms with E-state index < -0.39 is 11.9 Å². The molecule has 6 nitrogen and oxygen atoms in total. The Morgan fingerprint density at radius 2 is 1.53 bits per heavy atom. The van der Waals surface area contributed by atoms with Crippen molar-refractivity contribution in [1.29, 1.82) is 0 Å². The fraction of sp³-hybridized carbons (Fsp3) is 0.0417. The van der Waals surface area contributed by atoms with Crippen LogP contribution in [0.4, 0.5) is 5.69 Å². The number of ether oxygens (including phenoxy) is 1. The standard InChI is InChI=1S/C24H17NO5/c26-21(19-8-7-16-4-1-2-5-18(16)14-19)15-30-24(28)17-9-11-20(12-10-17)25-23(27)22-6-3-13-29-22/h1-14H,15H2,(H,25,27). The maximum absolute atomic E-state index is 12.4. The second-order valence-electron chi connectivity index (χ2n) is 6.57. The summed E-state index contributed by atoms with van der Waals surface area (Å²) in [7, 11) is 0. The molecule has 1 aromatic heterocycles. The molecule has 4 aromatic rings. The molecule has 0 radical (unpaired) electrons. The Hall–Kier alpha value is -4.19. The van der Waals surface area contributed by atoms with E-state index in [9.17, 15) is 14.4 Å². The number of carbonyl (C=O) groups is 3. The van der Waals surface area contributed by atoms with Crippen molar-refractivity contribution in [2.45, 2.75) is 0 Å². The van der Waals surface area contributed by atoms with E-state index >= 15 is 0 Å². The minimum absolute atomic E-state index is 0.186. The van der Waals surface area contributed by atoms with Crippen molar-refractivity contribution in [3.8, 4) is 0 Å². The molecule has 0 saturated heterocycles. The number of benzene rings is 3. The normalized spacial score (nSPS) is 10.5. The monoisotopic (exact) mass is 399 g/mol. The average Bonchev–Trinajstić information content (AvgIpc) is 3.32. The highest BCUT2D eigenvalue weighted by molar-refractivity contribution is 6.03. The summed E-state index contributed by atoms with van der Waals surface area (Å²) in [6.07, 6.45) is 1.41. The van der Waals surface area contributed by atoms with Crippen molar-refractivity contribution in [2.75, 3.05) is 11.9 Å². The molecular formula is C24H17NO5. The molecule has 0 aliphatic heterocycles. The molecule has 0 spiro atoms. The van der Waals surface area contributed by atoms with Gasteiger partial charge in [-0.1, -0.05) is 36.4 Å². The first-order valence-corrected chi connectivity index (χ1v) is 9.24. The van der Waals surface area contributed by atoms with Gasteiger partial charge in [0, 0.05) is 11.3 Å². The van der Waals surface area contributed by atoms with Gasteiger partial charge in [0.25, 0.3) is 5.91 Å². The van der Waals surface area contributed by atoms with Crippen LogP contribution in [-0.4, -0.2) is 24.3 Å². The smallest absolute Gasteiger partial charge is 0.338 e. The minimum Gasteiger partial charge on any atom is -0.459 e. The largest absolute Gasteiger partial charge is 0.459 e. The van der Waals surface area contributed by atoms with Gasteiger partial charge in [0.15, 0.2) is 18.2 Å². The zero-order valence-corrected chi connectivity index (χ0v) is 15.8. The number of amides is 1. The van der Waals surface area contributed by atoms with Gasteiger partial charge in [-0.15, -0.1) is 0 Å². The van der Waals surface area contributed by atoms with E-state index in [4.69, 9.17) is 9.15 Å². The third-order valence-corrected chi connectivity index (χ3v) is 4.53. The second kappa shape index (κ2) is 8.45. The van der Waals surface area contributed by atoms with E-state index in [0.29, 0.717) is 11.3 Å².